The van der Waals surface area contributed by atoms with Gasteiger partial charge >= 0.3 is 0 Å². The van der Waals surface area contributed by atoms with Crippen LogP contribution >= 0.6 is 0 Å². The summed E-state index contributed by atoms with van der Waals surface area (Å²) in [6.45, 7) is 6.02. The normalized spacial score (nSPS) is 25.4. The van der Waals surface area contributed by atoms with Crippen LogP contribution < -0.4 is 9.80 Å². The Kier molecular flexibility index (Phi) is 4.35. The van der Waals surface area contributed by atoms with E-state index in [2.05, 4.69) is 44.9 Å². The van der Waals surface area contributed by atoms with Crippen LogP contribution in [0.3, 0.4) is 0 Å². The van der Waals surface area contributed by atoms with Gasteiger partial charge in [0.05, 0.1) is 31.5 Å². The maximum atomic E-state index is 6.05. The first-order valence-electron chi connectivity index (χ1n) is 11.8. The number of morpholine rings is 2. The van der Waals surface area contributed by atoms with Crippen LogP contribution in [0.2, 0.25) is 0 Å². The molecule has 3 aliphatic heterocycles. The number of rotatable bonds is 3. The molecule has 6 heterocycles. The second-order valence-electron chi connectivity index (χ2n) is 9.36. The standard InChI is InChI=1S/C24H27N7O2/c1-14-13-32-10-9-31(14)23-20-22(28-24(29-23)30-11-15-5-6-16(12-30)33-15)27-21(26-20)18-3-2-4-19-17(18)7-8-25-19/h2-4,7-8,14-16,25H,5-6,9-13H2,1H3,(H,26,27,28,29)/t14-,15?,16?/m1/s1. The third kappa shape index (κ3) is 3.18. The van der Waals surface area contributed by atoms with E-state index in [1.54, 1.807) is 0 Å². The minimum atomic E-state index is 0.227. The van der Waals surface area contributed by atoms with Crippen LogP contribution in [0.5, 0.6) is 0 Å². The Labute approximate surface area is 191 Å². The summed E-state index contributed by atoms with van der Waals surface area (Å²) in [5.74, 6) is 2.46. The highest BCUT2D eigenvalue weighted by Gasteiger charge is 2.36. The molecule has 0 saturated carbocycles. The van der Waals surface area contributed by atoms with Crippen molar-refractivity contribution in [1.82, 2.24) is 24.9 Å². The number of hydrogen-bond donors (Lipinski definition) is 2. The number of fused-ring (bicyclic) bond motifs is 4. The number of aromatic amines is 2. The lowest BCUT2D eigenvalue weighted by molar-refractivity contribution is 0.0299. The van der Waals surface area contributed by atoms with Gasteiger partial charge in [0.25, 0.3) is 0 Å². The van der Waals surface area contributed by atoms with Gasteiger partial charge < -0.3 is 29.2 Å². The monoisotopic (exact) mass is 445 g/mol. The molecule has 0 spiro atoms. The molecule has 170 valence electrons. The maximum Gasteiger partial charge on any atom is 0.229 e. The minimum absolute atomic E-state index is 0.227. The van der Waals surface area contributed by atoms with Gasteiger partial charge in [-0.05, 0) is 31.9 Å². The molecule has 1 aromatic carbocycles. The van der Waals surface area contributed by atoms with E-state index in [9.17, 15) is 0 Å². The molecular formula is C24H27N7O2. The Morgan fingerprint density at radius 2 is 1.94 bits per heavy atom. The Morgan fingerprint density at radius 1 is 1.06 bits per heavy atom. The molecule has 3 saturated heterocycles. The van der Waals surface area contributed by atoms with Crippen molar-refractivity contribution in [1.29, 1.82) is 0 Å². The Morgan fingerprint density at radius 3 is 2.79 bits per heavy atom. The molecule has 3 fully saturated rings. The van der Waals surface area contributed by atoms with Gasteiger partial charge in [-0.2, -0.15) is 9.97 Å². The van der Waals surface area contributed by atoms with E-state index in [4.69, 9.17) is 24.4 Å². The molecule has 3 aliphatic rings. The maximum absolute atomic E-state index is 6.05. The molecular weight excluding hydrogens is 418 g/mol. The van der Waals surface area contributed by atoms with Gasteiger partial charge in [0.15, 0.2) is 11.5 Å². The number of anilines is 2. The second kappa shape index (κ2) is 7.43. The molecule has 9 nitrogen and oxygen atoms in total. The molecule has 2 unspecified atom stereocenters. The molecule has 0 radical (unpaired) electrons. The van der Waals surface area contributed by atoms with E-state index in [-0.39, 0.29) is 18.2 Å². The number of ether oxygens (including phenoxy) is 2. The molecule has 9 heteroatoms. The highest BCUT2D eigenvalue weighted by Crippen LogP contribution is 2.34. The molecule has 0 amide bonds. The molecule has 4 aromatic rings. The SMILES string of the molecule is C[C@@H]1COCCN1c1nc(N2CC3CCC(C2)O3)nc2nc(-c3cccc4[nH]ccc34)[nH]c12. The first-order valence-corrected chi connectivity index (χ1v) is 11.8. The number of aromatic nitrogens is 5. The lowest BCUT2D eigenvalue weighted by Crippen LogP contribution is -2.45. The van der Waals surface area contributed by atoms with Crippen LogP contribution in [0.4, 0.5) is 11.8 Å². The Balaban J connectivity index is 1.38. The summed E-state index contributed by atoms with van der Waals surface area (Å²) < 4.78 is 11.7. The zero-order valence-corrected chi connectivity index (χ0v) is 18.6. The van der Waals surface area contributed by atoms with Gasteiger partial charge in [0.2, 0.25) is 5.95 Å². The summed E-state index contributed by atoms with van der Waals surface area (Å²) in [5.41, 5.74) is 3.73. The fourth-order valence-electron chi connectivity index (χ4n) is 5.46. The highest BCUT2D eigenvalue weighted by atomic mass is 16.5. The number of hydrogen-bond acceptors (Lipinski definition) is 7. The van der Waals surface area contributed by atoms with Crippen molar-refractivity contribution in [3.8, 4) is 11.4 Å². The average Bonchev–Trinajstić information content (AvgIpc) is 3.56. The Hall–Kier alpha value is -3.17. The van der Waals surface area contributed by atoms with Crippen molar-refractivity contribution in [3.05, 3.63) is 30.5 Å². The van der Waals surface area contributed by atoms with Gasteiger partial charge in [-0.15, -0.1) is 0 Å². The predicted molar refractivity (Wildman–Crippen MR) is 127 cm³/mol. The number of nitrogens with one attached hydrogen (secondary N) is 2. The van der Waals surface area contributed by atoms with Crippen LogP contribution in [-0.2, 0) is 9.47 Å². The minimum Gasteiger partial charge on any atom is -0.377 e. The van der Waals surface area contributed by atoms with E-state index in [0.29, 0.717) is 18.9 Å². The van der Waals surface area contributed by atoms with Crippen LogP contribution in [0.1, 0.15) is 19.8 Å². The van der Waals surface area contributed by atoms with E-state index < -0.39 is 0 Å². The Bertz CT molecular complexity index is 1320. The molecule has 0 aliphatic carbocycles. The van der Waals surface area contributed by atoms with Crippen LogP contribution in [-0.4, -0.2) is 76.0 Å². The summed E-state index contributed by atoms with van der Waals surface area (Å²) in [6.07, 6.45) is 4.74. The largest absolute Gasteiger partial charge is 0.377 e. The quantitative estimate of drug-likeness (QED) is 0.500. The molecule has 7 rings (SSSR count). The first kappa shape index (κ1) is 19.3. The summed E-state index contributed by atoms with van der Waals surface area (Å²) in [7, 11) is 0. The molecule has 3 atom stereocenters. The van der Waals surface area contributed by atoms with Gasteiger partial charge in [0.1, 0.15) is 11.3 Å². The first-order chi connectivity index (χ1) is 16.2. The van der Waals surface area contributed by atoms with Crippen molar-refractivity contribution in [2.24, 2.45) is 0 Å². The predicted octanol–water partition coefficient (Wildman–Crippen LogP) is 3.09. The zero-order chi connectivity index (χ0) is 21.9. The fraction of sp³-hybridized carbons (Fsp3) is 0.458. The summed E-state index contributed by atoms with van der Waals surface area (Å²) >= 11 is 0. The number of benzene rings is 1. The lowest BCUT2D eigenvalue weighted by Gasteiger charge is -2.36. The number of nitrogens with zero attached hydrogens (tertiary/aromatic N) is 5. The van der Waals surface area contributed by atoms with Gasteiger partial charge in [-0.3, -0.25) is 0 Å². The van der Waals surface area contributed by atoms with Gasteiger partial charge in [-0.1, -0.05) is 12.1 Å². The molecule has 2 N–H and O–H groups in total. The molecule has 33 heavy (non-hydrogen) atoms. The van der Waals surface area contributed by atoms with Gasteiger partial charge in [0, 0.05) is 42.3 Å². The fourth-order valence-corrected chi connectivity index (χ4v) is 5.46. The van der Waals surface area contributed by atoms with Gasteiger partial charge in [-0.25, -0.2) is 4.98 Å². The summed E-state index contributed by atoms with van der Waals surface area (Å²) in [6, 6.07) is 8.54. The molecule has 2 bridgehead atoms. The van der Waals surface area contributed by atoms with E-state index in [0.717, 1.165) is 72.0 Å². The smallest absolute Gasteiger partial charge is 0.229 e. The topological polar surface area (TPSA) is 95.2 Å². The van der Waals surface area contributed by atoms with Crippen molar-refractivity contribution in [2.75, 3.05) is 42.6 Å². The second-order valence-corrected chi connectivity index (χ2v) is 9.36. The summed E-state index contributed by atoms with van der Waals surface area (Å²) in [4.78, 5) is 26.5. The van der Waals surface area contributed by atoms with Crippen LogP contribution in [0.25, 0.3) is 33.5 Å². The van der Waals surface area contributed by atoms with E-state index in [1.165, 1.54) is 0 Å². The number of H-pyrrole nitrogens is 2. The van der Waals surface area contributed by atoms with Crippen molar-refractivity contribution < 1.29 is 9.47 Å². The van der Waals surface area contributed by atoms with Crippen LogP contribution in [0, 0.1) is 0 Å². The molecule has 3 aromatic heterocycles. The third-order valence-electron chi connectivity index (χ3n) is 7.14. The van der Waals surface area contributed by atoms with Crippen molar-refractivity contribution in [2.45, 2.75) is 38.0 Å². The van der Waals surface area contributed by atoms with Crippen LogP contribution in [0.15, 0.2) is 30.5 Å². The average molecular weight is 446 g/mol. The zero-order valence-electron chi connectivity index (χ0n) is 18.6. The van der Waals surface area contributed by atoms with Crippen molar-refractivity contribution in [3.63, 3.8) is 0 Å². The third-order valence-corrected chi connectivity index (χ3v) is 7.14. The van der Waals surface area contributed by atoms with Crippen molar-refractivity contribution >= 4 is 33.8 Å². The highest BCUT2D eigenvalue weighted by molar-refractivity contribution is 5.96. The number of imidazole rings is 1. The van der Waals surface area contributed by atoms with E-state index >= 15 is 0 Å². The van der Waals surface area contributed by atoms with E-state index in [1.807, 2.05) is 12.3 Å². The lowest BCUT2D eigenvalue weighted by atomic mass is 10.1. The summed E-state index contributed by atoms with van der Waals surface area (Å²) in [5, 5.41) is 1.13.